The second-order valence-electron chi connectivity index (χ2n) is 2.82. The van der Waals surface area contributed by atoms with Gasteiger partial charge in [0.15, 0.2) is 0 Å². The summed E-state index contributed by atoms with van der Waals surface area (Å²) in [6, 6.07) is 0. The van der Waals surface area contributed by atoms with Crippen molar-refractivity contribution >= 4 is 5.97 Å². The molecular weight excluding hydrogens is 148 g/mol. The van der Waals surface area contributed by atoms with Crippen LogP contribution in [0.3, 0.4) is 0 Å². The lowest BCUT2D eigenvalue weighted by Crippen LogP contribution is -2.19. The Morgan fingerprint density at radius 3 is 3.00 bits per heavy atom. The summed E-state index contributed by atoms with van der Waals surface area (Å²) in [4.78, 5) is 19.8. The van der Waals surface area contributed by atoms with E-state index in [1.54, 1.807) is 0 Å². The smallest absolute Gasteiger partial charge is 0.303 e. The Kier molecular flexibility index (Phi) is 2.84. The maximum absolute atomic E-state index is 10.3. The second kappa shape index (κ2) is 3.69. The summed E-state index contributed by atoms with van der Waals surface area (Å²) in [6.45, 7) is 2.43. The first-order chi connectivity index (χ1) is 5.20. The lowest BCUT2D eigenvalue weighted by molar-refractivity contribution is -0.282. The number of aliphatic carboxylic acids is 1. The van der Waals surface area contributed by atoms with Gasteiger partial charge in [0, 0.05) is 6.42 Å². The van der Waals surface area contributed by atoms with Gasteiger partial charge in [-0.15, -0.1) is 0 Å². The normalized spacial score (nSPS) is 26.8. The minimum Gasteiger partial charge on any atom is -0.481 e. The van der Waals surface area contributed by atoms with Crippen LogP contribution < -0.4 is 0 Å². The zero-order valence-corrected chi connectivity index (χ0v) is 6.45. The first kappa shape index (κ1) is 8.49. The fourth-order valence-corrected chi connectivity index (χ4v) is 1.13. The van der Waals surface area contributed by atoms with E-state index in [4.69, 9.17) is 9.99 Å². The van der Waals surface area contributed by atoms with Gasteiger partial charge in [-0.05, 0) is 5.92 Å². The molecule has 64 valence electrons. The van der Waals surface area contributed by atoms with E-state index in [1.807, 2.05) is 6.92 Å². The summed E-state index contributed by atoms with van der Waals surface area (Å²) in [5.41, 5.74) is 0. The maximum Gasteiger partial charge on any atom is 0.303 e. The molecule has 0 spiro atoms. The van der Waals surface area contributed by atoms with Crippen LogP contribution in [-0.4, -0.2) is 23.8 Å². The molecule has 1 N–H and O–H groups in total. The summed E-state index contributed by atoms with van der Waals surface area (Å²) < 4.78 is 0. The molecule has 4 heteroatoms. The summed E-state index contributed by atoms with van der Waals surface area (Å²) in [5.74, 6) is -0.747. The average Bonchev–Trinajstić information content (AvgIpc) is 2.35. The van der Waals surface area contributed by atoms with Gasteiger partial charge < -0.3 is 5.11 Å². The van der Waals surface area contributed by atoms with Gasteiger partial charge in [0.05, 0.1) is 19.1 Å². The molecule has 1 heterocycles. The Labute approximate surface area is 65.0 Å². The van der Waals surface area contributed by atoms with Gasteiger partial charge in [-0.2, -0.15) is 0 Å². The molecule has 0 aromatic carbocycles. The summed E-state index contributed by atoms with van der Waals surface area (Å²) in [7, 11) is 0. The van der Waals surface area contributed by atoms with Gasteiger partial charge in [-0.25, -0.2) is 9.78 Å². The summed E-state index contributed by atoms with van der Waals surface area (Å²) >= 11 is 0. The zero-order valence-electron chi connectivity index (χ0n) is 6.45. The van der Waals surface area contributed by atoms with Crippen molar-refractivity contribution in [2.75, 3.05) is 6.61 Å². The molecule has 4 nitrogen and oxygen atoms in total. The lowest BCUT2D eigenvalue weighted by atomic mass is 9.99. The van der Waals surface area contributed by atoms with Crippen LogP contribution in [0.5, 0.6) is 0 Å². The van der Waals surface area contributed by atoms with E-state index in [9.17, 15) is 4.79 Å². The number of carboxylic acids is 1. The van der Waals surface area contributed by atoms with Crippen LogP contribution in [0.2, 0.25) is 0 Å². The van der Waals surface area contributed by atoms with Crippen molar-refractivity contribution < 1.29 is 19.7 Å². The number of hydrogen-bond donors (Lipinski definition) is 1. The molecule has 0 amide bonds. The first-order valence-corrected chi connectivity index (χ1v) is 3.70. The van der Waals surface area contributed by atoms with E-state index >= 15 is 0 Å². The van der Waals surface area contributed by atoms with Crippen LogP contribution in [0.4, 0.5) is 0 Å². The first-order valence-electron chi connectivity index (χ1n) is 3.70. The molecular formula is C7H12O4. The van der Waals surface area contributed by atoms with Gasteiger partial charge in [0.2, 0.25) is 0 Å². The molecule has 0 bridgehead atoms. The van der Waals surface area contributed by atoms with Gasteiger partial charge in [-0.1, -0.05) is 6.92 Å². The van der Waals surface area contributed by atoms with Crippen LogP contribution in [0.15, 0.2) is 0 Å². The highest BCUT2D eigenvalue weighted by Gasteiger charge is 2.25. The van der Waals surface area contributed by atoms with Gasteiger partial charge in [-0.3, -0.25) is 4.79 Å². The molecule has 0 radical (unpaired) electrons. The standard InChI is InChI=1S/C7H12O4/c1-5(4-7(8)9)6-2-3-10-11-6/h5-6H,2-4H2,1H3,(H,8,9). The highest BCUT2D eigenvalue weighted by molar-refractivity contribution is 5.67. The average molecular weight is 160 g/mol. The van der Waals surface area contributed by atoms with Crippen molar-refractivity contribution in [2.24, 2.45) is 5.92 Å². The largest absolute Gasteiger partial charge is 0.481 e. The number of carbonyl (C=O) groups is 1. The third-order valence-corrected chi connectivity index (χ3v) is 1.81. The number of hydrogen-bond acceptors (Lipinski definition) is 3. The van der Waals surface area contributed by atoms with E-state index in [0.29, 0.717) is 6.61 Å². The molecule has 11 heavy (non-hydrogen) atoms. The molecule has 1 aliphatic heterocycles. The molecule has 1 fully saturated rings. The van der Waals surface area contributed by atoms with E-state index in [-0.39, 0.29) is 18.4 Å². The monoisotopic (exact) mass is 160 g/mol. The molecule has 0 aliphatic carbocycles. The Balaban J connectivity index is 2.28. The second-order valence-corrected chi connectivity index (χ2v) is 2.82. The predicted octanol–water partition coefficient (Wildman–Crippen LogP) is 0.818. The lowest BCUT2D eigenvalue weighted by Gasteiger charge is -2.12. The molecule has 1 rings (SSSR count). The van der Waals surface area contributed by atoms with E-state index in [0.717, 1.165) is 6.42 Å². The molecule has 2 atom stereocenters. The fourth-order valence-electron chi connectivity index (χ4n) is 1.13. The minimum atomic E-state index is -0.784. The van der Waals surface area contributed by atoms with Crippen molar-refractivity contribution in [3.05, 3.63) is 0 Å². The highest BCUT2D eigenvalue weighted by atomic mass is 17.2. The topological polar surface area (TPSA) is 55.8 Å². The molecule has 1 saturated heterocycles. The van der Waals surface area contributed by atoms with Gasteiger partial charge >= 0.3 is 5.97 Å². The number of carboxylic acid groups (broad SMARTS) is 1. The van der Waals surface area contributed by atoms with Crippen LogP contribution >= 0.6 is 0 Å². The third kappa shape index (κ3) is 2.48. The van der Waals surface area contributed by atoms with Crippen molar-refractivity contribution in [2.45, 2.75) is 25.9 Å². The highest BCUT2D eigenvalue weighted by Crippen LogP contribution is 2.20. The van der Waals surface area contributed by atoms with Crippen molar-refractivity contribution in [1.29, 1.82) is 0 Å². The van der Waals surface area contributed by atoms with Crippen molar-refractivity contribution in [1.82, 2.24) is 0 Å². The molecule has 2 unspecified atom stereocenters. The Hall–Kier alpha value is -0.610. The summed E-state index contributed by atoms with van der Waals surface area (Å²) in [5, 5.41) is 8.45. The molecule has 0 aromatic rings. The molecule has 0 saturated carbocycles. The Bertz CT molecular complexity index is 139. The van der Waals surface area contributed by atoms with Crippen molar-refractivity contribution in [3.8, 4) is 0 Å². The fraction of sp³-hybridized carbons (Fsp3) is 0.857. The zero-order chi connectivity index (χ0) is 8.27. The SMILES string of the molecule is CC(CC(=O)O)C1CCOO1. The van der Waals surface area contributed by atoms with E-state index in [1.165, 1.54) is 0 Å². The van der Waals surface area contributed by atoms with Crippen LogP contribution in [0.1, 0.15) is 19.8 Å². The van der Waals surface area contributed by atoms with Crippen LogP contribution in [-0.2, 0) is 14.6 Å². The van der Waals surface area contributed by atoms with Gasteiger partial charge in [0.25, 0.3) is 0 Å². The quantitative estimate of drug-likeness (QED) is 0.621. The Morgan fingerprint density at radius 1 is 1.82 bits per heavy atom. The van der Waals surface area contributed by atoms with Gasteiger partial charge in [0.1, 0.15) is 0 Å². The minimum absolute atomic E-state index is 0.0360. The maximum atomic E-state index is 10.3. The van der Waals surface area contributed by atoms with Crippen LogP contribution in [0.25, 0.3) is 0 Å². The Morgan fingerprint density at radius 2 is 2.55 bits per heavy atom. The van der Waals surface area contributed by atoms with E-state index < -0.39 is 5.97 Å². The molecule has 0 aromatic heterocycles. The van der Waals surface area contributed by atoms with Crippen molar-refractivity contribution in [3.63, 3.8) is 0 Å². The third-order valence-electron chi connectivity index (χ3n) is 1.81. The summed E-state index contributed by atoms with van der Waals surface area (Å²) in [6.07, 6.45) is 0.911. The van der Waals surface area contributed by atoms with Crippen LogP contribution in [0, 0.1) is 5.92 Å². The predicted molar refractivity (Wildman–Crippen MR) is 36.9 cm³/mol. The molecule has 1 aliphatic rings. The van der Waals surface area contributed by atoms with E-state index in [2.05, 4.69) is 4.89 Å². The number of rotatable bonds is 3.